The zero-order chi connectivity index (χ0) is 35.9. The molecule has 2 amide bonds. The summed E-state index contributed by atoms with van der Waals surface area (Å²) in [6.45, 7) is 11.6. The van der Waals surface area contributed by atoms with Crippen LogP contribution in [0.3, 0.4) is 0 Å². The number of nitrogens with one attached hydrogen (secondary N) is 2. The summed E-state index contributed by atoms with van der Waals surface area (Å²) in [7, 11) is -2.42. The fourth-order valence-corrected chi connectivity index (χ4v) is 10.2. The van der Waals surface area contributed by atoms with Crippen LogP contribution in [-0.2, 0) is 26.1 Å². The van der Waals surface area contributed by atoms with E-state index in [1.165, 1.54) is 6.92 Å². The minimum atomic E-state index is -4.06. The molecule has 1 saturated carbocycles. The van der Waals surface area contributed by atoms with Gasteiger partial charge in [-0.05, 0) is 55.7 Å². The maximum atomic E-state index is 15.1. The highest BCUT2D eigenvalue weighted by Crippen LogP contribution is 2.67. The Morgan fingerprint density at radius 3 is 2.55 bits per heavy atom. The molecule has 0 radical (unpaired) electrons. The van der Waals surface area contributed by atoms with Crippen LogP contribution in [0.25, 0.3) is 22.2 Å². The first-order chi connectivity index (χ1) is 24.4. The monoisotopic (exact) mass is 711 g/mol. The van der Waals surface area contributed by atoms with Gasteiger partial charge < -0.3 is 24.3 Å². The summed E-state index contributed by atoms with van der Waals surface area (Å²) in [5.74, 6) is -0.422. The van der Waals surface area contributed by atoms with Gasteiger partial charge in [-0.2, -0.15) is 5.26 Å². The number of likely N-dealkylation sites (tertiary alicyclic amines) is 1. The van der Waals surface area contributed by atoms with Gasteiger partial charge in [0.1, 0.15) is 5.75 Å². The zero-order valence-corrected chi connectivity index (χ0v) is 30.3. The molecular weight excluding hydrogens is 667 g/mol. The van der Waals surface area contributed by atoms with E-state index in [1.807, 2.05) is 18.2 Å². The largest absolute Gasteiger partial charge is 0.497 e. The van der Waals surface area contributed by atoms with Gasteiger partial charge in [-0.25, -0.2) is 13.1 Å². The van der Waals surface area contributed by atoms with Gasteiger partial charge in [-0.3, -0.25) is 9.59 Å². The Hall–Kier alpha value is -4.18. The van der Waals surface area contributed by atoms with Crippen molar-refractivity contribution in [2.75, 3.05) is 46.5 Å². The van der Waals surface area contributed by atoms with Crippen LogP contribution in [0.5, 0.6) is 5.75 Å². The number of rotatable bonds is 10. The van der Waals surface area contributed by atoms with Crippen molar-refractivity contribution < 1.29 is 27.5 Å². The number of carbonyl (C=O) groups is 2. The highest BCUT2D eigenvalue weighted by Gasteiger charge is 2.69. The van der Waals surface area contributed by atoms with Gasteiger partial charge in [0.2, 0.25) is 5.91 Å². The number of hydrogen-bond acceptors (Lipinski definition) is 8. The zero-order valence-electron chi connectivity index (χ0n) is 29.5. The molecular formula is C39H45N5O6S. The molecule has 1 aliphatic carbocycles. The van der Waals surface area contributed by atoms with Crippen molar-refractivity contribution in [3.63, 3.8) is 0 Å². The summed E-state index contributed by atoms with van der Waals surface area (Å²) in [5, 5.41) is 15.1. The second-order valence-electron chi connectivity index (χ2n) is 15.6. The van der Waals surface area contributed by atoms with Crippen molar-refractivity contribution in [2.45, 2.75) is 64.3 Å². The predicted molar refractivity (Wildman–Crippen MR) is 193 cm³/mol. The van der Waals surface area contributed by atoms with Gasteiger partial charge in [0, 0.05) is 77.1 Å². The number of nitrogens with zero attached hydrogens (tertiary/aromatic N) is 3. The third-order valence-electron chi connectivity index (χ3n) is 12.6. The Bertz CT molecular complexity index is 2120. The Morgan fingerprint density at radius 2 is 1.88 bits per heavy atom. The Morgan fingerprint density at radius 1 is 1.14 bits per heavy atom. The third-order valence-corrected chi connectivity index (χ3v) is 13.9. The lowest BCUT2D eigenvalue weighted by Crippen LogP contribution is -2.42. The van der Waals surface area contributed by atoms with Crippen LogP contribution in [0, 0.1) is 27.6 Å². The van der Waals surface area contributed by atoms with Gasteiger partial charge in [0.05, 0.1) is 48.3 Å². The molecule has 3 aromatic rings. The van der Waals surface area contributed by atoms with Gasteiger partial charge in [-0.1, -0.05) is 38.8 Å². The van der Waals surface area contributed by atoms with Crippen molar-refractivity contribution in [2.24, 2.45) is 16.2 Å². The molecule has 2 aromatic carbocycles. The smallest absolute Gasteiger partial charge is 0.265 e. The highest BCUT2D eigenvalue weighted by atomic mass is 32.2. The van der Waals surface area contributed by atoms with E-state index in [4.69, 9.17) is 9.47 Å². The predicted octanol–water partition coefficient (Wildman–Crippen LogP) is 5.03. The molecule has 4 fully saturated rings. The van der Waals surface area contributed by atoms with Gasteiger partial charge in [-0.15, -0.1) is 0 Å². The van der Waals surface area contributed by atoms with Crippen LogP contribution in [0.1, 0.15) is 79.3 Å². The molecule has 2 N–H and O–H groups in total. The molecule has 5 aliphatic rings. The number of methoxy groups -OCH3 is 1. The molecule has 5 heterocycles. The molecule has 268 valence electrons. The Balaban J connectivity index is 1.30. The first kappa shape index (κ1) is 33.9. The van der Waals surface area contributed by atoms with Crippen LogP contribution in [0.2, 0.25) is 0 Å². The average molecular weight is 712 g/mol. The summed E-state index contributed by atoms with van der Waals surface area (Å²) in [6, 6.07) is 13.8. The van der Waals surface area contributed by atoms with Gasteiger partial charge >= 0.3 is 0 Å². The number of sulfonamides is 1. The van der Waals surface area contributed by atoms with E-state index in [1.54, 1.807) is 19.2 Å². The van der Waals surface area contributed by atoms with Crippen LogP contribution in [-0.4, -0.2) is 76.2 Å². The fourth-order valence-electron chi connectivity index (χ4n) is 9.66. The topological polar surface area (TPSA) is 143 Å². The van der Waals surface area contributed by atoms with Crippen molar-refractivity contribution in [3.05, 3.63) is 64.6 Å². The number of unbranched alkanes of at least 4 members (excludes halogenated alkanes) is 2. The fraction of sp³-hybridized carbons (Fsp3) is 0.513. The van der Waals surface area contributed by atoms with Crippen LogP contribution in [0.15, 0.2) is 47.9 Å². The van der Waals surface area contributed by atoms with Crippen LogP contribution >= 0.6 is 0 Å². The van der Waals surface area contributed by atoms with E-state index < -0.39 is 27.3 Å². The van der Waals surface area contributed by atoms with Crippen LogP contribution < -0.4 is 14.8 Å². The molecule has 3 unspecified atom stereocenters. The van der Waals surface area contributed by atoms with E-state index in [0.29, 0.717) is 57.0 Å². The highest BCUT2D eigenvalue weighted by molar-refractivity contribution is 7.93. The Kier molecular flexibility index (Phi) is 7.94. The van der Waals surface area contributed by atoms with Gasteiger partial charge in [0.25, 0.3) is 15.9 Å². The van der Waals surface area contributed by atoms with E-state index in [2.05, 4.69) is 45.1 Å². The molecule has 0 spiro atoms. The number of benzene rings is 2. The SMILES string of the molecule is C=C(C)S(=O)(=O)NC(=O)c1ccc2c(C(C#N)CCCCC)c3n(c2c1)C[C@@]1(C(=O)N2CC45CNCC4(COC5)C2)C[C@H]1c1cc(OC)ccc1-3. The Labute approximate surface area is 299 Å². The first-order valence-corrected chi connectivity index (χ1v) is 19.5. The van der Waals surface area contributed by atoms with Crippen molar-refractivity contribution in [1.82, 2.24) is 19.5 Å². The summed E-state index contributed by atoms with van der Waals surface area (Å²) in [6.07, 6.45) is 4.25. The second-order valence-corrected chi connectivity index (χ2v) is 17.5. The van der Waals surface area contributed by atoms with E-state index in [0.717, 1.165) is 60.1 Å². The summed E-state index contributed by atoms with van der Waals surface area (Å²) < 4.78 is 41.2. The van der Waals surface area contributed by atoms with Crippen molar-refractivity contribution in [3.8, 4) is 23.1 Å². The number of ether oxygens (including phenoxy) is 2. The number of fused-ring (bicyclic) bond motifs is 7. The number of allylic oxidation sites excluding steroid dienone is 1. The van der Waals surface area contributed by atoms with Gasteiger partial charge in [0.15, 0.2) is 0 Å². The maximum absolute atomic E-state index is 15.1. The number of hydrogen-bond donors (Lipinski definition) is 2. The number of aromatic nitrogens is 1. The normalized spacial score (nSPS) is 27.7. The number of nitriles is 1. The molecule has 12 heteroatoms. The van der Waals surface area contributed by atoms with E-state index in [-0.39, 0.29) is 33.1 Å². The summed E-state index contributed by atoms with van der Waals surface area (Å²) in [4.78, 5) is 30.4. The molecule has 1 aromatic heterocycles. The lowest BCUT2D eigenvalue weighted by atomic mass is 9.71. The minimum Gasteiger partial charge on any atom is -0.497 e. The molecule has 11 nitrogen and oxygen atoms in total. The van der Waals surface area contributed by atoms with E-state index >= 15 is 4.79 Å². The standard InChI is InChI=1S/C39H45N5O6S/c1-5-6-7-8-26(16-40)33-29-11-9-25(35(45)42-51(47,48)24(2)3)13-32(29)44-21-39(15-31(39)30-14-27(49-4)10-12-28(30)34(33)44)36(46)43-19-37-17-41-18-38(37,20-43)23-50-22-37/h9-14,26,31,41H,2,5-8,15,17-23H2,1,3-4H3,(H,42,45)/t26?,31-,37?,38?,39-/m0/s1. The molecule has 51 heavy (non-hydrogen) atoms. The first-order valence-electron chi connectivity index (χ1n) is 18.0. The molecule has 3 saturated heterocycles. The lowest BCUT2D eigenvalue weighted by molar-refractivity contribution is -0.137. The average Bonchev–Trinajstić information content (AvgIpc) is 3.27. The van der Waals surface area contributed by atoms with Crippen molar-refractivity contribution in [1.29, 1.82) is 5.26 Å². The lowest BCUT2D eigenvalue weighted by Gasteiger charge is -2.28. The quantitative estimate of drug-likeness (QED) is 0.279. The summed E-state index contributed by atoms with van der Waals surface area (Å²) >= 11 is 0. The third kappa shape index (κ3) is 4.99. The molecule has 0 bridgehead atoms. The molecule has 4 aliphatic heterocycles. The summed E-state index contributed by atoms with van der Waals surface area (Å²) in [5.41, 5.74) is 3.69. The van der Waals surface area contributed by atoms with E-state index in [9.17, 15) is 18.5 Å². The molecule has 5 atom stereocenters. The maximum Gasteiger partial charge on any atom is 0.265 e. The minimum absolute atomic E-state index is 0.0598. The van der Waals surface area contributed by atoms with Crippen molar-refractivity contribution >= 4 is 32.7 Å². The molecule has 8 rings (SSSR count). The number of amides is 2. The van der Waals surface area contributed by atoms with Crippen LogP contribution in [0.4, 0.5) is 0 Å². The second kappa shape index (κ2) is 11.9. The number of carbonyl (C=O) groups excluding carboxylic acids is 2.